The molecule has 1 aromatic carbocycles. The maximum atomic E-state index is 14.0. The van der Waals surface area contributed by atoms with E-state index in [9.17, 15) is 4.39 Å². The molecule has 1 N–H and O–H groups in total. The Balaban J connectivity index is 2.06. The van der Waals surface area contributed by atoms with E-state index < -0.39 is 0 Å². The molecule has 134 valence electrons. The Morgan fingerprint density at radius 1 is 1.32 bits per heavy atom. The van der Waals surface area contributed by atoms with Gasteiger partial charge in [-0.3, -0.25) is 0 Å². The fourth-order valence-corrected chi connectivity index (χ4v) is 2.37. The molecule has 25 heavy (non-hydrogen) atoms. The van der Waals surface area contributed by atoms with Gasteiger partial charge in [-0.15, -0.1) is 0 Å². The lowest BCUT2D eigenvalue weighted by Gasteiger charge is -2.10. The van der Waals surface area contributed by atoms with Gasteiger partial charge in [0.25, 0.3) is 0 Å². The normalized spacial score (nSPS) is 12.8. The highest BCUT2D eigenvalue weighted by Gasteiger charge is 2.08. The number of nitrogens with one attached hydrogen (secondary N) is 1. The summed E-state index contributed by atoms with van der Waals surface area (Å²) in [6.07, 6.45) is 3.00. The van der Waals surface area contributed by atoms with Gasteiger partial charge in [0, 0.05) is 18.3 Å². The molecule has 0 saturated carbocycles. The zero-order chi connectivity index (χ0) is 18.2. The van der Waals surface area contributed by atoms with Gasteiger partial charge in [-0.2, -0.15) is 0 Å². The first-order chi connectivity index (χ1) is 12.0. The summed E-state index contributed by atoms with van der Waals surface area (Å²) in [6.45, 7) is 6.88. The van der Waals surface area contributed by atoms with Gasteiger partial charge in [-0.1, -0.05) is 18.5 Å². The van der Waals surface area contributed by atoms with E-state index in [1.54, 1.807) is 43.5 Å². The summed E-state index contributed by atoms with van der Waals surface area (Å²) in [5, 5.41) is 3.45. The van der Waals surface area contributed by atoms with Crippen LogP contribution in [0.3, 0.4) is 0 Å². The number of rotatable bonds is 8. The van der Waals surface area contributed by atoms with Crippen LogP contribution in [0.2, 0.25) is 5.02 Å². The monoisotopic (exact) mass is 364 g/mol. The second-order valence-electron chi connectivity index (χ2n) is 5.37. The van der Waals surface area contributed by atoms with Crippen molar-refractivity contribution in [2.24, 2.45) is 0 Å². The van der Waals surface area contributed by atoms with E-state index in [0.717, 1.165) is 0 Å². The van der Waals surface area contributed by atoms with Crippen molar-refractivity contribution in [1.82, 2.24) is 10.3 Å². The Kier molecular flexibility index (Phi) is 7.22. The van der Waals surface area contributed by atoms with E-state index in [4.69, 9.17) is 21.1 Å². The van der Waals surface area contributed by atoms with Crippen LogP contribution in [0, 0.1) is 0 Å². The number of halogens is 2. The maximum absolute atomic E-state index is 14.0. The van der Waals surface area contributed by atoms with Crippen molar-refractivity contribution < 1.29 is 13.9 Å². The van der Waals surface area contributed by atoms with Gasteiger partial charge in [-0.25, -0.2) is 9.37 Å². The molecule has 1 unspecified atom stereocenters. The average Bonchev–Trinajstić information content (AvgIpc) is 2.59. The third-order valence-electron chi connectivity index (χ3n) is 3.42. The Hall–Kier alpha value is -2.11. The molecular formula is C19H22ClFN2O2. The lowest BCUT2D eigenvalue weighted by atomic mass is 10.2. The lowest BCUT2D eigenvalue weighted by molar-refractivity contribution is 0.339. The molecule has 0 radical (unpaired) electrons. The molecular weight excluding hydrogens is 343 g/mol. The number of hydrogen-bond donors (Lipinski definition) is 1. The summed E-state index contributed by atoms with van der Waals surface area (Å²) in [5.41, 5.74) is 0.660. The quantitative estimate of drug-likeness (QED) is 0.696. The van der Waals surface area contributed by atoms with Gasteiger partial charge in [0.1, 0.15) is 17.3 Å². The zero-order valence-electron chi connectivity index (χ0n) is 14.6. The summed E-state index contributed by atoms with van der Waals surface area (Å²) >= 11 is 6.18. The molecule has 2 aromatic rings. The fourth-order valence-electron chi connectivity index (χ4n) is 2.16. The first-order valence-corrected chi connectivity index (χ1v) is 8.58. The van der Waals surface area contributed by atoms with E-state index in [1.165, 1.54) is 6.08 Å². The molecule has 1 heterocycles. The van der Waals surface area contributed by atoms with Crippen LogP contribution in [0.25, 0.3) is 6.08 Å². The first kappa shape index (κ1) is 19.2. The third kappa shape index (κ3) is 5.73. The predicted molar refractivity (Wildman–Crippen MR) is 99.2 cm³/mol. The van der Waals surface area contributed by atoms with Crippen LogP contribution < -0.4 is 14.8 Å². The summed E-state index contributed by atoms with van der Waals surface area (Å²) < 4.78 is 25.0. The van der Waals surface area contributed by atoms with Crippen LogP contribution in [-0.4, -0.2) is 24.2 Å². The minimum Gasteiger partial charge on any atom is -0.494 e. The SMILES string of the molecule is CCNC(C)/C(F)=C/c1ccc(Oc2ccc(OCC)cc2Cl)nc1. The topological polar surface area (TPSA) is 43.4 Å². The molecule has 0 fully saturated rings. The number of nitrogens with zero attached hydrogens (tertiary/aromatic N) is 1. The van der Waals surface area contributed by atoms with Gasteiger partial charge < -0.3 is 14.8 Å². The largest absolute Gasteiger partial charge is 0.494 e. The van der Waals surface area contributed by atoms with E-state index in [0.29, 0.717) is 41.1 Å². The number of benzene rings is 1. The highest BCUT2D eigenvalue weighted by Crippen LogP contribution is 2.31. The van der Waals surface area contributed by atoms with E-state index in [1.807, 2.05) is 13.8 Å². The van der Waals surface area contributed by atoms with E-state index in [-0.39, 0.29) is 11.9 Å². The van der Waals surface area contributed by atoms with Crippen LogP contribution in [0.15, 0.2) is 42.4 Å². The average molecular weight is 365 g/mol. The standard InChI is InChI=1S/C19H22ClFN2O2/c1-4-22-13(3)17(21)10-14-6-9-19(23-12-14)25-18-8-7-15(24-5-2)11-16(18)20/h6-13,22H,4-5H2,1-3H3/b17-10-. The summed E-state index contributed by atoms with van der Waals surface area (Å²) in [4.78, 5) is 4.19. The molecule has 0 aliphatic rings. The second kappa shape index (κ2) is 9.39. The van der Waals surface area contributed by atoms with E-state index in [2.05, 4.69) is 10.3 Å². The summed E-state index contributed by atoms with van der Waals surface area (Å²) in [7, 11) is 0. The highest BCUT2D eigenvalue weighted by atomic mass is 35.5. The molecule has 4 nitrogen and oxygen atoms in total. The Bertz CT molecular complexity index is 720. The fraction of sp³-hybridized carbons (Fsp3) is 0.316. The van der Waals surface area contributed by atoms with Crippen LogP contribution in [0.5, 0.6) is 17.4 Å². The van der Waals surface area contributed by atoms with Gasteiger partial charge in [0.2, 0.25) is 5.88 Å². The molecule has 1 aromatic heterocycles. The van der Waals surface area contributed by atoms with Gasteiger partial charge in [0.05, 0.1) is 17.7 Å². The van der Waals surface area contributed by atoms with Crippen molar-refractivity contribution in [3.05, 3.63) is 52.9 Å². The van der Waals surface area contributed by atoms with Crippen LogP contribution in [0.1, 0.15) is 26.3 Å². The van der Waals surface area contributed by atoms with Gasteiger partial charge in [-0.05, 0) is 50.2 Å². The Morgan fingerprint density at radius 2 is 2.12 bits per heavy atom. The smallest absolute Gasteiger partial charge is 0.219 e. The molecule has 0 aliphatic carbocycles. The van der Waals surface area contributed by atoms with Crippen LogP contribution >= 0.6 is 11.6 Å². The van der Waals surface area contributed by atoms with Crippen molar-refractivity contribution in [3.8, 4) is 17.4 Å². The molecule has 6 heteroatoms. The molecule has 1 atom stereocenters. The van der Waals surface area contributed by atoms with Crippen LogP contribution in [-0.2, 0) is 0 Å². The molecule has 0 spiro atoms. The number of pyridine rings is 1. The van der Waals surface area contributed by atoms with Crippen molar-refractivity contribution in [2.45, 2.75) is 26.8 Å². The third-order valence-corrected chi connectivity index (χ3v) is 3.71. The summed E-state index contributed by atoms with van der Waals surface area (Å²) in [6, 6.07) is 8.27. The van der Waals surface area contributed by atoms with Crippen molar-refractivity contribution in [2.75, 3.05) is 13.2 Å². The lowest BCUT2D eigenvalue weighted by Crippen LogP contribution is -2.25. The zero-order valence-corrected chi connectivity index (χ0v) is 15.3. The first-order valence-electron chi connectivity index (χ1n) is 8.20. The Labute approximate surface area is 152 Å². The molecule has 0 saturated heterocycles. The molecule has 0 aliphatic heterocycles. The predicted octanol–water partition coefficient (Wildman–Crippen LogP) is 5.23. The van der Waals surface area contributed by atoms with Crippen molar-refractivity contribution in [3.63, 3.8) is 0 Å². The molecule has 0 amide bonds. The summed E-state index contributed by atoms with van der Waals surface area (Å²) in [5.74, 6) is 1.29. The minimum absolute atomic E-state index is 0.244. The highest BCUT2D eigenvalue weighted by molar-refractivity contribution is 6.32. The van der Waals surface area contributed by atoms with Gasteiger partial charge in [0.15, 0.2) is 0 Å². The Morgan fingerprint density at radius 3 is 2.72 bits per heavy atom. The molecule has 2 rings (SSSR count). The van der Waals surface area contributed by atoms with E-state index >= 15 is 0 Å². The number of hydrogen-bond acceptors (Lipinski definition) is 4. The molecule has 0 bridgehead atoms. The van der Waals surface area contributed by atoms with Gasteiger partial charge >= 0.3 is 0 Å². The maximum Gasteiger partial charge on any atom is 0.219 e. The minimum atomic E-state index is -0.330. The second-order valence-corrected chi connectivity index (χ2v) is 5.77. The number of aromatic nitrogens is 1. The van der Waals surface area contributed by atoms with Crippen molar-refractivity contribution >= 4 is 17.7 Å². The number of likely N-dealkylation sites (N-methyl/N-ethyl adjacent to an activating group) is 1. The van der Waals surface area contributed by atoms with Crippen molar-refractivity contribution in [1.29, 1.82) is 0 Å². The number of ether oxygens (including phenoxy) is 2. The van der Waals surface area contributed by atoms with Crippen LogP contribution in [0.4, 0.5) is 4.39 Å².